The van der Waals surface area contributed by atoms with E-state index in [4.69, 9.17) is 0 Å². The molecule has 6 aliphatic carbocycles. The van der Waals surface area contributed by atoms with Crippen LogP contribution in [0.1, 0.15) is 93.2 Å². The first-order chi connectivity index (χ1) is 27.3. The predicted octanol–water partition coefficient (Wildman–Crippen LogP) is 9.61. The molecule has 9 atom stereocenters. The van der Waals surface area contributed by atoms with Crippen LogP contribution < -0.4 is 10.1 Å². The number of aliphatic hydroxyl groups is 2. The van der Waals surface area contributed by atoms with Crippen LogP contribution in [0.2, 0.25) is 0 Å². The van der Waals surface area contributed by atoms with Crippen molar-refractivity contribution < 1.29 is 46.5 Å². The van der Waals surface area contributed by atoms with Gasteiger partial charge in [-0.05, 0) is 111 Å². The lowest BCUT2D eigenvalue weighted by atomic mass is 9.32. The number of carbonyl (C=O) groups excluding carboxylic acids is 2. The number of hydrogen-bond acceptors (Lipinski definition) is 5. The summed E-state index contributed by atoms with van der Waals surface area (Å²) in [5.74, 6) is -3.35. The number of fused-ring (bicyclic) bond motifs is 1. The van der Waals surface area contributed by atoms with E-state index in [-0.39, 0.29) is 35.9 Å². The van der Waals surface area contributed by atoms with E-state index < -0.39 is 69.6 Å². The number of halogens is 5. The Morgan fingerprint density at radius 1 is 0.897 bits per heavy atom. The standard InChI is InChI=1S/C46H49F5N2O5/c1-28(30-7-5-4-6-8-30)52-40(56)53(26-29-9-12-33(13-10-29)58-46(49,50)51)27-44(57)20-17-38-42(44,3)19-16-37-41(2)18-15-32(54)24-43(41)21-22-45(37,38)34(25-43)39(55)31-11-14-35(47)36(48)23-31/h4-14,21-23,25,28,32,37-38,54,57H,15-20,24,26-27H2,1-3H3,(H,52,56)/t28-,32?,37-,38-,41-,42+,43+,44-,45-/m1/s1. The summed E-state index contributed by atoms with van der Waals surface area (Å²) in [4.78, 5) is 30.6. The predicted molar refractivity (Wildman–Crippen MR) is 206 cm³/mol. The first-order valence-electron chi connectivity index (χ1n) is 20.1. The van der Waals surface area contributed by atoms with E-state index in [1.54, 1.807) is 0 Å². The first-order valence-corrected chi connectivity index (χ1v) is 20.1. The number of aliphatic hydroxyl groups excluding tert-OH is 1. The zero-order valence-corrected chi connectivity index (χ0v) is 32.8. The van der Waals surface area contributed by atoms with Gasteiger partial charge in [-0.15, -0.1) is 13.2 Å². The van der Waals surface area contributed by atoms with E-state index in [9.17, 15) is 41.8 Å². The van der Waals surface area contributed by atoms with Crippen molar-refractivity contribution in [1.82, 2.24) is 10.2 Å². The Labute approximate surface area is 335 Å². The quantitative estimate of drug-likeness (QED) is 0.114. The summed E-state index contributed by atoms with van der Waals surface area (Å²) in [6.07, 6.45) is 4.60. The maximum Gasteiger partial charge on any atom is 0.573 e. The number of carbonyl (C=O) groups is 2. The molecule has 12 heteroatoms. The number of rotatable bonds is 9. The number of ketones is 1. The highest BCUT2D eigenvalue weighted by Crippen LogP contribution is 2.78. The third-order valence-corrected chi connectivity index (χ3v) is 15.0. The van der Waals surface area contributed by atoms with Crippen molar-refractivity contribution in [3.8, 4) is 5.75 Å². The Hall–Kier alpha value is -4.55. The normalized spacial score (nSPS) is 34.0. The summed E-state index contributed by atoms with van der Waals surface area (Å²) in [5.41, 5.74) is -2.28. The molecule has 3 aromatic carbocycles. The molecule has 0 radical (unpaired) electrons. The Balaban J connectivity index is 1.16. The van der Waals surface area contributed by atoms with Gasteiger partial charge in [0.2, 0.25) is 0 Å². The molecule has 6 aliphatic rings. The second-order valence-corrected chi connectivity index (χ2v) is 17.9. The van der Waals surface area contributed by atoms with Crippen molar-refractivity contribution >= 4 is 11.8 Å². The molecule has 0 aliphatic heterocycles. The molecule has 1 unspecified atom stereocenters. The fourth-order valence-electron chi connectivity index (χ4n) is 12.0. The highest BCUT2D eigenvalue weighted by molar-refractivity contribution is 6.10. The lowest BCUT2D eigenvalue weighted by molar-refractivity contribution is -0.274. The average molecular weight is 805 g/mol. The Kier molecular flexibility index (Phi) is 9.74. The van der Waals surface area contributed by atoms with Gasteiger partial charge in [0.25, 0.3) is 0 Å². The van der Waals surface area contributed by atoms with Crippen LogP contribution in [0, 0.1) is 45.1 Å². The summed E-state index contributed by atoms with van der Waals surface area (Å²) in [6, 6.07) is 17.0. The molecule has 2 amide bonds. The second kappa shape index (κ2) is 14.0. The molecule has 308 valence electrons. The van der Waals surface area contributed by atoms with Crippen LogP contribution in [0.5, 0.6) is 5.75 Å². The van der Waals surface area contributed by atoms with Gasteiger partial charge >= 0.3 is 12.4 Å². The summed E-state index contributed by atoms with van der Waals surface area (Å²) < 4.78 is 71.7. The molecule has 9 rings (SSSR count). The summed E-state index contributed by atoms with van der Waals surface area (Å²) in [7, 11) is 0. The zero-order chi connectivity index (χ0) is 41.5. The Morgan fingerprint density at radius 3 is 2.26 bits per heavy atom. The number of amides is 2. The van der Waals surface area contributed by atoms with Crippen LogP contribution in [0.4, 0.5) is 26.7 Å². The van der Waals surface area contributed by atoms with Crippen LogP contribution >= 0.6 is 0 Å². The number of nitrogens with zero attached hydrogens (tertiary/aromatic N) is 1. The molecule has 7 nitrogen and oxygen atoms in total. The van der Waals surface area contributed by atoms with E-state index in [2.05, 4.69) is 29.1 Å². The van der Waals surface area contributed by atoms with Gasteiger partial charge in [-0.3, -0.25) is 4.79 Å². The van der Waals surface area contributed by atoms with Crippen molar-refractivity contribution in [2.75, 3.05) is 6.54 Å². The number of hydrogen-bond donors (Lipinski definition) is 3. The fraction of sp³-hybridized carbons (Fsp3) is 0.478. The smallest absolute Gasteiger partial charge is 0.406 e. The number of nitrogens with one attached hydrogen (secondary N) is 1. The maximum absolute atomic E-state index is 14.8. The summed E-state index contributed by atoms with van der Waals surface area (Å²) >= 11 is 0. The first kappa shape index (κ1) is 40.2. The SMILES string of the molecule is C[C@@H](NC(=O)N(Cc1ccc(OC(F)(F)F)cc1)C[C@]1(O)CC[C@H]2[C@]34C=C[C@@]5(C=C3C(=O)c3ccc(F)c(F)c3)CC(O)CC[C@]5(C)[C@H]4CC[C@@]21C)c1ccccc1. The number of allylic oxidation sites excluding steroid dienone is 4. The van der Waals surface area contributed by atoms with E-state index in [1.807, 2.05) is 50.3 Å². The molecule has 0 aromatic heterocycles. The van der Waals surface area contributed by atoms with E-state index in [1.165, 1.54) is 35.2 Å². The van der Waals surface area contributed by atoms with Gasteiger partial charge in [0.15, 0.2) is 17.4 Å². The fourth-order valence-corrected chi connectivity index (χ4v) is 12.0. The topological polar surface area (TPSA) is 99.1 Å². The molecular formula is C46H49F5N2O5. The highest BCUT2D eigenvalue weighted by Gasteiger charge is 2.74. The lowest BCUT2D eigenvalue weighted by Gasteiger charge is -2.71. The van der Waals surface area contributed by atoms with Crippen molar-refractivity contribution in [2.24, 2.45) is 33.5 Å². The van der Waals surface area contributed by atoms with Gasteiger partial charge in [-0.2, -0.15) is 0 Å². The molecule has 3 aromatic rings. The van der Waals surface area contributed by atoms with Gasteiger partial charge in [-0.25, -0.2) is 13.6 Å². The summed E-state index contributed by atoms with van der Waals surface area (Å²) in [6.45, 7) is 5.98. The Morgan fingerprint density at radius 2 is 1.57 bits per heavy atom. The molecule has 0 saturated heterocycles. The third-order valence-electron chi connectivity index (χ3n) is 15.0. The molecule has 58 heavy (non-hydrogen) atoms. The van der Waals surface area contributed by atoms with Gasteiger partial charge < -0.3 is 25.2 Å². The number of alkyl halides is 3. The number of ether oxygens (including phenoxy) is 1. The zero-order valence-electron chi connectivity index (χ0n) is 32.8. The average Bonchev–Trinajstić information content (AvgIpc) is 3.45. The molecular weight excluding hydrogens is 756 g/mol. The van der Waals surface area contributed by atoms with Crippen LogP contribution in [-0.4, -0.2) is 51.5 Å². The van der Waals surface area contributed by atoms with Crippen LogP contribution in [-0.2, 0) is 6.54 Å². The highest BCUT2D eigenvalue weighted by atomic mass is 19.4. The van der Waals surface area contributed by atoms with Gasteiger partial charge in [0, 0.05) is 33.9 Å². The van der Waals surface area contributed by atoms with Crippen molar-refractivity contribution in [3.05, 3.63) is 125 Å². The molecule has 0 heterocycles. The molecule has 2 bridgehead atoms. The second-order valence-electron chi connectivity index (χ2n) is 17.9. The van der Waals surface area contributed by atoms with E-state index >= 15 is 0 Å². The summed E-state index contributed by atoms with van der Waals surface area (Å²) in [5, 5.41) is 27.1. The van der Waals surface area contributed by atoms with Gasteiger partial charge in [0.1, 0.15) is 5.75 Å². The lowest BCUT2D eigenvalue weighted by Crippen LogP contribution is -2.67. The number of urea groups is 1. The number of Topliss-reactive ketones (excluding diaryl/α,β-unsaturated/α-hetero) is 1. The number of benzene rings is 3. The van der Waals surface area contributed by atoms with Crippen molar-refractivity contribution in [1.29, 1.82) is 0 Å². The van der Waals surface area contributed by atoms with Gasteiger partial charge in [-0.1, -0.05) is 74.5 Å². The van der Waals surface area contributed by atoms with E-state index in [0.717, 1.165) is 24.1 Å². The molecule has 2 spiro atoms. The monoisotopic (exact) mass is 804 g/mol. The third kappa shape index (κ3) is 6.36. The van der Waals surface area contributed by atoms with Crippen LogP contribution in [0.15, 0.2) is 96.6 Å². The Bertz CT molecular complexity index is 2160. The molecule has 3 saturated carbocycles. The van der Waals surface area contributed by atoms with Crippen LogP contribution in [0.25, 0.3) is 0 Å². The van der Waals surface area contributed by atoms with Gasteiger partial charge in [0.05, 0.1) is 24.3 Å². The maximum atomic E-state index is 14.8. The van der Waals surface area contributed by atoms with Crippen molar-refractivity contribution in [3.63, 3.8) is 0 Å². The molecule has 3 fully saturated rings. The molecule has 3 N–H and O–H groups in total. The largest absolute Gasteiger partial charge is 0.573 e. The minimum absolute atomic E-state index is 0.0243. The minimum atomic E-state index is -4.87. The van der Waals surface area contributed by atoms with Crippen molar-refractivity contribution in [2.45, 2.75) is 96.4 Å². The minimum Gasteiger partial charge on any atom is -0.406 e. The van der Waals surface area contributed by atoms with Crippen LogP contribution in [0.3, 0.4) is 0 Å². The van der Waals surface area contributed by atoms with E-state index in [0.29, 0.717) is 49.7 Å².